The third-order valence-corrected chi connectivity index (χ3v) is 5.60. The number of aromatic nitrogens is 5. The van der Waals surface area contributed by atoms with Crippen molar-refractivity contribution >= 4 is 28.3 Å². The van der Waals surface area contributed by atoms with Crippen LogP contribution in [0.1, 0.15) is 17.7 Å². The summed E-state index contributed by atoms with van der Waals surface area (Å²) in [6.45, 7) is 0.141. The van der Waals surface area contributed by atoms with Crippen LogP contribution in [0.15, 0.2) is 48.9 Å². The van der Waals surface area contributed by atoms with Gasteiger partial charge < -0.3 is 15.0 Å². The fourth-order valence-electron chi connectivity index (χ4n) is 4.00. The lowest BCUT2D eigenvalue weighted by atomic mass is 10.2. The molecule has 1 aliphatic carbocycles. The number of pyridine rings is 3. The largest absolute Gasteiger partial charge is 0.481 e. The van der Waals surface area contributed by atoms with Crippen molar-refractivity contribution in [1.82, 2.24) is 24.9 Å². The number of carbonyl (C=O) groups excluding carboxylic acids is 1. The van der Waals surface area contributed by atoms with Gasteiger partial charge in [-0.1, -0.05) is 0 Å². The molecule has 1 amide bonds. The first-order chi connectivity index (χ1) is 16.1. The van der Waals surface area contributed by atoms with Gasteiger partial charge in [-0.3, -0.25) is 14.8 Å². The van der Waals surface area contributed by atoms with E-state index in [-0.39, 0.29) is 12.5 Å². The average molecular weight is 441 g/mol. The van der Waals surface area contributed by atoms with Crippen molar-refractivity contribution < 1.29 is 9.53 Å². The number of nitrogens with zero attached hydrogens (tertiary/aromatic N) is 6. The molecule has 0 atom stereocenters. The first kappa shape index (κ1) is 20.7. The Morgan fingerprint density at radius 1 is 1.12 bits per heavy atom. The number of carbonyl (C=O) groups is 1. The summed E-state index contributed by atoms with van der Waals surface area (Å²) < 4.78 is 5.06. The molecule has 0 unspecified atom stereocenters. The fourth-order valence-corrected chi connectivity index (χ4v) is 4.00. The van der Waals surface area contributed by atoms with Gasteiger partial charge in [-0.15, -0.1) is 0 Å². The molecule has 166 valence electrons. The molecular formula is C24H23N7O2. The molecule has 0 fully saturated rings. The monoisotopic (exact) mass is 441 g/mol. The maximum absolute atomic E-state index is 12.7. The number of methoxy groups -OCH3 is 1. The molecule has 0 spiro atoms. The van der Waals surface area contributed by atoms with E-state index in [4.69, 9.17) is 14.7 Å². The van der Waals surface area contributed by atoms with E-state index in [0.29, 0.717) is 23.1 Å². The van der Waals surface area contributed by atoms with Gasteiger partial charge in [0.05, 0.1) is 31.1 Å². The zero-order valence-electron chi connectivity index (χ0n) is 18.4. The number of amides is 1. The highest BCUT2D eigenvalue weighted by Crippen LogP contribution is 2.31. The molecular weight excluding hydrogens is 418 g/mol. The number of anilines is 2. The standard InChI is InChI=1S/C24H23N7O2/c1-31(14-21(32)28-16-8-9-22(33-2)27-13-16)24-17-6-3-7-18(17)29-23(30-24)20-11-19-15(12-26-20)5-4-10-25-19/h4-5,8-13H,3,6-7,14H2,1-2H3,(H,28,32). The fraction of sp³-hybridized carbons (Fsp3) is 0.250. The molecule has 4 aromatic rings. The third kappa shape index (κ3) is 4.30. The van der Waals surface area contributed by atoms with Crippen LogP contribution in [0.25, 0.3) is 22.4 Å². The van der Waals surface area contributed by atoms with Gasteiger partial charge in [-0.25, -0.2) is 15.0 Å². The first-order valence-electron chi connectivity index (χ1n) is 10.7. The summed E-state index contributed by atoms with van der Waals surface area (Å²) >= 11 is 0. The average Bonchev–Trinajstić information content (AvgIpc) is 3.32. The summed E-state index contributed by atoms with van der Waals surface area (Å²) in [7, 11) is 3.42. The summed E-state index contributed by atoms with van der Waals surface area (Å²) in [6.07, 6.45) is 7.91. The smallest absolute Gasteiger partial charge is 0.243 e. The maximum Gasteiger partial charge on any atom is 0.243 e. The van der Waals surface area contributed by atoms with Crippen molar-refractivity contribution in [3.05, 3.63) is 60.2 Å². The van der Waals surface area contributed by atoms with Gasteiger partial charge in [0.15, 0.2) is 5.82 Å². The van der Waals surface area contributed by atoms with Gasteiger partial charge in [-0.2, -0.15) is 0 Å². The molecule has 0 bridgehead atoms. The number of nitrogens with one attached hydrogen (secondary N) is 1. The van der Waals surface area contributed by atoms with E-state index in [1.807, 2.05) is 30.1 Å². The van der Waals surface area contributed by atoms with Crippen LogP contribution in [0.3, 0.4) is 0 Å². The minimum absolute atomic E-state index is 0.141. The lowest BCUT2D eigenvalue weighted by Gasteiger charge is -2.21. The normalized spacial score (nSPS) is 12.4. The Morgan fingerprint density at radius 2 is 2.03 bits per heavy atom. The summed E-state index contributed by atoms with van der Waals surface area (Å²) in [5.41, 5.74) is 4.23. The number of ether oxygens (including phenoxy) is 1. The summed E-state index contributed by atoms with van der Waals surface area (Å²) in [6, 6.07) is 9.21. The number of hydrogen-bond acceptors (Lipinski definition) is 8. The zero-order valence-corrected chi connectivity index (χ0v) is 18.4. The molecule has 1 N–H and O–H groups in total. The molecule has 9 nitrogen and oxygen atoms in total. The predicted octanol–water partition coefficient (Wildman–Crippen LogP) is 3.05. The van der Waals surface area contributed by atoms with Gasteiger partial charge in [0.2, 0.25) is 11.8 Å². The lowest BCUT2D eigenvalue weighted by molar-refractivity contribution is -0.114. The molecule has 33 heavy (non-hydrogen) atoms. The second kappa shape index (κ2) is 8.78. The Labute approximate surface area is 190 Å². The zero-order chi connectivity index (χ0) is 22.8. The summed E-state index contributed by atoms with van der Waals surface area (Å²) in [5, 5.41) is 3.83. The second-order valence-electron chi connectivity index (χ2n) is 7.91. The molecule has 0 saturated heterocycles. The molecule has 0 aromatic carbocycles. The van der Waals surface area contributed by atoms with Crippen molar-refractivity contribution in [2.45, 2.75) is 19.3 Å². The van der Waals surface area contributed by atoms with Crippen LogP contribution in [-0.4, -0.2) is 51.5 Å². The second-order valence-corrected chi connectivity index (χ2v) is 7.91. The Bertz CT molecular complexity index is 1320. The molecule has 9 heteroatoms. The van der Waals surface area contributed by atoms with Gasteiger partial charge in [0, 0.05) is 42.2 Å². The molecule has 0 radical (unpaired) electrons. The topological polar surface area (TPSA) is 106 Å². The van der Waals surface area contributed by atoms with E-state index in [0.717, 1.165) is 47.2 Å². The molecule has 0 aliphatic heterocycles. The van der Waals surface area contributed by atoms with E-state index in [1.54, 1.807) is 37.8 Å². The van der Waals surface area contributed by atoms with E-state index in [1.165, 1.54) is 0 Å². The van der Waals surface area contributed by atoms with Crippen LogP contribution in [0.4, 0.5) is 11.5 Å². The minimum Gasteiger partial charge on any atom is -0.481 e. The van der Waals surface area contributed by atoms with Crippen molar-refractivity contribution in [3.8, 4) is 17.4 Å². The highest BCUT2D eigenvalue weighted by molar-refractivity contribution is 5.94. The SMILES string of the molecule is COc1ccc(NC(=O)CN(C)c2nc(-c3cc4ncccc4cn3)nc3c2CCC3)cn1. The first-order valence-corrected chi connectivity index (χ1v) is 10.7. The summed E-state index contributed by atoms with van der Waals surface area (Å²) in [4.78, 5) is 37.2. The number of likely N-dealkylation sites (N-methyl/N-ethyl adjacent to an activating group) is 1. The third-order valence-electron chi connectivity index (χ3n) is 5.60. The van der Waals surface area contributed by atoms with Gasteiger partial charge >= 0.3 is 0 Å². The lowest BCUT2D eigenvalue weighted by Crippen LogP contribution is -2.31. The van der Waals surface area contributed by atoms with Crippen LogP contribution in [0.5, 0.6) is 5.88 Å². The molecule has 1 aliphatic rings. The van der Waals surface area contributed by atoms with Gasteiger partial charge in [0.1, 0.15) is 11.5 Å². The predicted molar refractivity (Wildman–Crippen MR) is 125 cm³/mol. The van der Waals surface area contributed by atoms with E-state index in [9.17, 15) is 4.79 Å². The van der Waals surface area contributed by atoms with Crippen LogP contribution in [0.2, 0.25) is 0 Å². The van der Waals surface area contributed by atoms with Crippen LogP contribution >= 0.6 is 0 Å². The molecule has 0 saturated carbocycles. The Balaban J connectivity index is 1.40. The summed E-state index contributed by atoms with van der Waals surface area (Å²) in [5.74, 6) is 1.64. The van der Waals surface area contributed by atoms with E-state index in [2.05, 4.69) is 20.3 Å². The van der Waals surface area contributed by atoms with Crippen LogP contribution < -0.4 is 15.0 Å². The van der Waals surface area contributed by atoms with E-state index < -0.39 is 0 Å². The Kier molecular flexibility index (Phi) is 5.52. The van der Waals surface area contributed by atoms with E-state index >= 15 is 0 Å². The van der Waals surface area contributed by atoms with Crippen molar-refractivity contribution in [1.29, 1.82) is 0 Å². The molecule has 4 aromatic heterocycles. The highest BCUT2D eigenvalue weighted by Gasteiger charge is 2.23. The van der Waals surface area contributed by atoms with Crippen molar-refractivity contribution in [2.75, 3.05) is 30.9 Å². The van der Waals surface area contributed by atoms with Gasteiger partial charge in [-0.05, 0) is 43.5 Å². The van der Waals surface area contributed by atoms with Crippen molar-refractivity contribution in [2.24, 2.45) is 0 Å². The van der Waals surface area contributed by atoms with Crippen LogP contribution in [-0.2, 0) is 17.6 Å². The maximum atomic E-state index is 12.7. The number of rotatable bonds is 6. The minimum atomic E-state index is -0.163. The Hall–Kier alpha value is -4.14. The highest BCUT2D eigenvalue weighted by atomic mass is 16.5. The number of aryl methyl sites for hydroxylation is 1. The van der Waals surface area contributed by atoms with Crippen LogP contribution in [0, 0.1) is 0 Å². The van der Waals surface area contributed by atoms with Gasteiger partial charge in [0.25, 0.3) is 0 Å². The molecule has 5 rings (SSSR count). The Morgan fingerprint density at radius 3 is 2.85 bits per heavy atom. The number of hydrogen-bond donors (Lipinski definition) is 1. The number of fused-ring (bicyclic) bond motifs is 2. The molecule has 4 heterocycles. The van der Waals surface area contributed by atoms with Crippen molar-refractivity contribution in [3.63, 3.8) is 0 Å². The quantitative estimate of drug-likeness (QED) is 0.487.